The van der Waals surface area contributed by atoms with Gasteiger partial charge in [-0.15, -0.1) is 20.3 Å². The largest absolute Gasteiger partial charge is 0.350 e. The third-order valence-corrected chi connectivity index (χ3v) is 4.06. The predicted molar refractivity (Wildman–Crippen MR) is 87.6 cm³/mol. The van der Waals surface area contributed by atoms with Crippen molar-refractivity contribution in [3.63, 3.8) is 0 Å². The van der Waals surface area contributed by atoms with E-state index in [1.165, 1.54) is 0 Å². The molecule has 0 saturated carbocycles. The molecule has 126 valence electrons. The fourth-order valence-electron chi connectivity index (χ4n) is 2.45. The number of aromatic nitrogens is 5. The molecule has 3 aromatic rings. The van der Waals surface area contributed by atoms with Gasteiger partial charge in [-0.3, -0.25) is 4.40 Å². The van der Waals surface area contributed by atoms with Gasteiger partial charge in [-0.2, -0.15) is 0 Å². The van der Waals surface area contributed by atoms with Crippen LogP contribution >= 0.6 is 15.9 Å². The van der Waals surface area contributed by atoms with E-state index < -0.39 is 5.09 Å². The molecule has 2 N–H and O–H groups in total. The summed E-state index contributed by atoms with van der Waals surface area (Å²) in [5, 5.41) is 25.1. The van der Waals surface area contributed by atoms with Gasteiger partial charge in [0.15, 0.2) is 11.5 Å². The van der Waals surface area contributed by atoms with Gasteiger partial charge >= 0.3 is 0 Å². The average Bonchev–Trinajstić information content (AvgIpc) is 2.96. The van der Waals surface area contributed by atoms with Crippen LogP contribution in [0.25, 0.3) is 16.8 Å². The van der Waals surface area contributed by atoms with Gasteiger partial charge in [0.05, 0.1) is 5.52 Å². The number of likely N-dealkylation sites (N-methyl/N-ethyl adjacent to an activating group) is 1. The first-order valence-corrected chi connectivity index (χ1v) is 7.69. The molecule has 4 heterocycles. The molecule has 1 fully saturated rings. The van der Waals surface area contributed by atoms with E-state index in [2.05, 4.69) is 46.3 Å². The molecule has 0 spiro atoms. The minimum Gasteiger partial charge on any atom is -0.350 e. The first-order valence-electron chi connectivity index (χ1n) is 6.90. The van der Waals surface area contributed by atoms with Crippen LogP contribution < -0.4 is 10.2 Å². The first-order chi connectivity index (χ1) is 11.5. The lowest BCUT2D eigenvalue weighted by atomic mass is 10.1. The molecule has 1 aliphatic rings. The summed E-state index contributed by atoms with van der Waals surface area (Å²) >= 11 is 3.43. The summed E-state index contributed by atoms with van der Waals surface area (Å²) in [6.45, 7) is 1.85. The number of pyridine rings is 1. The number of hydrogen-bond acceptors (Lipinski definition) is 8. The van der Waals surface area contributed by atoms with E-state index in [9.17, 15) is 0 Å². The maximum absolute atomic E-state index is 8.36. The Labute approximate surface area is 143 Å². The lowest BCUT2D eigenvalue weighted by molar-refractivity contribution is -0.742. The summed E-state index contributed by atoms with van der Waals surface area (Å²) < 4.78 is 2.84. The van der Waals surface area contributed by atoms with Gasteiger partial charge in [0.2, 0.25) is 5.65 Å². The number of nitrogens with zero attached hydrogens (tertiary/aromatic N) is 7. The molecule has 0 aromatic carbocycles. The second kappa shape index (κ2) is 6.49. The van der Waals surface area contributed by atoms with E-state index in [0.717, 1.165) is 34.5 Å². The van der Waals surface area contributed by atoms with Crippen LogP contribution in [-0.4, -0.2) is 61.0 Å². The highest BCUT2D eigenvalue weighted by Gasteiger charge is 2.29. The summed E-state index contributed by atoms with van der Waals surface area (Å²) in [6, 6.07) is 2.48. The molecule has 0 amide bonds. The van der Waals surface area contributed by atoms with Crippen molar-refractivity contribution in [3.8, 4) is 0 Å². The Morgan fingerprint density at radius 2 is 2.21 bits per heavy atom. The fourth-order valence-corrected chi connectivity index (χ4v) is 2.76. The van der Waals surface area contributed by atoms with E-state index in [4.69, 9.17) is 15.3 Å². The second-order valence-electron chi connectivity index (χ2n) is 5.08. The van der Waals surface area contributed by atoms with Crippen LogP contribution in [0.3, 0.4) is 0 Å². The molecular weight excluding hydrogens is 384 g/mol. The SMILES string of the molecule is CNC1CN(c2nc3ncc(Br)cc3n3cnnc23)C1.O=[N+]([O-])O. The maximum atomic E-state index is 8.36. The van der Waals surface area contributed by atoms with Gasteiger partial charge in [-0.1, -0.05) is 0 Å². The lowest BCUT2D eigenvalue weighted by Crippen LogP contribution is -2.57. The highest BCUT2D eigenvalue weighted by atomic mass is 79.9. The fraction of sp³-hybridized carbons (Fsp3) is 0.333. The minimum absolute atomic E-state index is 0.508. The molecule has 3 aromatic heterocycles. The zero-order valence-corrected chi connectivity index (χ0v) is 14.1. The molecule has 12 heteroatoms. The quantitative estimate of drug-likeness (QED) is 0.468. The van der Waals surface area contributed by atoms with Crippen LogP contribution in [0.1, 0.15) is 0 Å². The average molecular weight is 397 g/mol. The van der Waals surface area contributed by atoms with Crippen molar-refractivity contribution in [1.82, 2.24) is 29.9 Å². The first kappa shape index (κ1) is 16.3. The van der Waals surface area contributed by atoms with Crippen molar-refractivity contribution in [2.75, 3.05) is 25.0 Å². The normalized spacial score (nSPS) is 14.3. The van der Waals surface area contributed by atoms with Crippen molar-refractivity contribution in [1.29, 1.82) is 0 Å². The van der Waals surface area contributed by atoms with E-state index in [0.29, 0.717) is 11.7 Å². The molecule has 0 aliphatic carbocycles. The molecule has 0 atom stereocenters. The Morgan fingerprint density at radius 1 is 1.50 bits per heavy atom. The predicted octanol–water partition coefficient (Wildman–Crippen LogP) is 0.495. The maximum Gasteiger partial charge on any atom is 0.291 e. The molecule has 0 bridgehead atoms. The van der Waals surface area contributed by atoms with E-state index in [-0.39, 0.29) is 0 Å². The standard InChI is InChI=1S/C12H12BrN7.HNO3/c1-14-8-4-19(5-8)11-12-18-16-6-20(12)9-2-7(13)3-15-10(9)17-11;2-1(3)4/h2-3,6,8,14H,4-5H2,1H3;(H,2,3,4). The summed E-state index contributed by atoms with van der Waals surface area (Å²) in [6.07, 6.45) is 3.45. The Morgan fingerprint density at radius 3 is 2.88 bits per heavy atom. The van der Waals surface area contributed by atoms with Crippen molar-refractivity contribution >= 4 is 38.6 Å². The topological polar surface area (TPSA) is 135 Å². The highest BCUT2D eigenvalue weighted by Crippen LogP contribution is 2.26. The van der Waals surface area contributed by atoms with Gasteiger partial charge in [0, 0.05) is 29.8 Å². The highest BCUT2D eigenvalue weighted by molar-refractivity contribution is 9.10. The number of rotatable bonds is 2. The minimum atomic E-state index is -1.50. The molecule has 1 saturated heterocycles. The van der Waals surface area contributed by atoms with Crippen LogP contribution in [-0.2, 0) is 0 Å². The monoisotopic (exact) mass is 396 g/mol. The van der Waals surface area contributed by atoms with Crippen molar-refractivity contribution in [2.45, 2.75) is 6.04 Å². The Kier molecular flexibility index (Phi) is 4.40. The zero-order chi connectivity index (χ0) is 17.3. The van der Waals surface area contributed by atoms with Crippen LogP contribution in [0.15, 0.2) is 23.1 Å². The van der Waals surface area contributed by atoms with E-state index in [1.807, 2.05) is 17.5 Å². The third kappa shape index (κ3) is 3.05. The molecule has 24 heavy (non-hydrogen) atoms. The zero-order valence-electron chi connectivity index (χ0n) is 12.5. The molecule has 0 radical (unpaired) electrons. The van der Waals surface area contributed by atoms with Gasteiger partial charge in [-0.05, 0) is 29.0 Å². The van der Waals surface area contributed by atoms with Crippen LogP contribution in [0.2, 0.25) is 0 Å². The molecule has 4 rings (SSSR count). The number of nitrogens with one attached hydrogen (secondary N) is 1. The summed E-state index contributed by atoms with van der Waals surface area (Å²) in [5.74, 6) is 0.844. The van der Waals surface area contributed by atoms with E-state index >= 15 is 0 Å². The summed E-state index contributed by atoms with van der Waals surface area (Å²) in [4.78, 5) is 19.6. The lowest BCUT2D eigenvalue weighted by Gasteiger charge is -2.39. The number of anilines is 1. The smallest absolute Gasteiger partial charge is 0.291 e. The summed E-state index contributed by atoms with van der Waals surface area (Å²) in [7, 11) is 1.97. The molecule has 1 aliphatic heterocycles. The van der Waals surface area contributed by atoms with Gasteiger partial charge in [-0.25, -0.2) is 9.97 Å². The Balaban J connectivity index is 0.000000383. The van der Waals surface area contributed by atoms with Gasteiger partial charge in [0.25, 0.3) is 5.09 Å². The van der Waals surface area contributed by atoms with Crippen molar-refractivity contribution < 1.29 is 10.3 Å². The molecular formula is C12H13BrN8O3. The number of halogens is 1. The third-order valence-electron chi connectivity index (χ3n) is 3.62. The van der Waals surface area contributed by atoms with Crippen molar-refractivity contribution in [2.24, 2.45) is 0 Å². The van der Waals surface area contributed by atoms with E-state index in [1.54, 1.807) is 12.5 Å². The van der Waals surface area contributed by atoms with Crippen molar-refractivity contribution in [3.05, 3.63) is 33.2 Å². The summed E-state index contributed by atoms with van der Waals surface area (Å²) in [5.41, 5.74) is 2.36. The Bertz CT molecular complexity index is 891. The van der Waals surface area contributed by atoms with Crippen LogP contribution in [0.5, 0.6) is 0 Å². The molecule has 11 nitrogen and oxygen atoms in total. The van der Waals surface area contributed by atoms with Crippen LogP contribution in [0.4, 0.5) is 5.82 Å². The second-order valence-corrected chi connectivity index (χ2v) is 6.00. The Hall–Kier alpha value is -2.60. The van der Waals surface area contributed by atoms with Crippen LogP contribution in [0, 0.1) is 10.1 Å². The van der Waals surface area contributed by atoms with Gasteiger partial charge < -0.3 is 15.4 Å². The molecule has 0 unspecified atom stereocenters. The number of hydrogen-bond donors (Lipinski definition) is 2. The number of fused-ring (bicyclic) bond motifs is 3. The van der Waals surface area contributed by atoms with Gasteiger partial charge in [0.1, 0.15) is 6.33 Å².